The number of hydrogen-bond donors (Lipinski definition) is 1. The third-order valence-corrected chi connectivity index (χ3v) is 3.98. The number of aryl methyl sites for hydroxylation is 1. The summed E-state index contributed by atoms with van der Waals surface area (Å²) < 4.78 is 10.8. The number of amides is 1. The van der Waals surface area contributed by atoms with Crippen LogP contribution in [0.4, 0.5) is 0 Å². The summed E-state index contributed by atoms with van der Waals surface area (Å²) in [6.45, 7) is 12.0. The van der Waals surface area contributed by atoms with Gasteiger partial charge in [-0.2, -0.15) is 0 Å². The monoisotopic (exact) mass is 344 g/mol. The molecule has 1 N–H and O–H groups in total. The second-order valence-corrected chi connectivity index (χ2v) is 7.17. The third-order valence-electron chi connectivity index (χ3n) is 3.98. The quantitative estimate of drug-likeness (QED) is 0.768. The number of carbonyl (C=O) groups is 1. The highest BCUT2D eigenvalue weighted by Gasteiger charge is 2.22. The second-order valence-electron chi connectivity index (χ2n) is 7.17. The molecule has 5 heteroatoms. The normalized spacial score (nSPS) is 11.6. The van der Waals surface area contributed by atoms with Crippen LogP contribution >= 0.6 is 0 Å². The Balaban J connectivity index is 2.14. The van der Waals surface area contributed by atoms with E-state index in [1.54, 1.807) is 6.92 Å². The Hall–Kier alpha value is -2.14. The van der Waals surface area contributed by atoms with Gasteiger partial charge >= 0.3 is 0 Å². The molecule has 0 radical (unpaired) electrons. The summed E-state index contributed by atoms with van der Waals surface area (Å²) in [7, 11) is 0. The lowest BCUT2D eigenvalue weighted by molar-refractivity contribution is 0.0915. The predicted molar refractivity (Wildman–Crippen MR) is 98.8 cm³/mol. The van der Waals surface area contributed by atoms with Crippen molar-refractivity contribution in [3.63, 3.8) is 0 Å². The van der Waals surface area contributed by atoms with Crippen LogP contribution in [0.15, 0.2) is 28.8 Å². The molecule has 0 saturated carbocycles. The van der Waals surface area contributed by atoms with Gasteiger partial charge in [-0.1, -0.05) is 57.1 Å². The first-order valence-electron chi connectivity index (χ1n) is 8.77. The van der Waals surface area contributed by atoms with E-state index >= 15 is 0 Å². The van der Waals surface area contributed by atoms with Gasteiger partial charge < -0.3 is 14.6 Å². The maximum Gasteiger partial charge on any atom is 0.257 e. The van der Waals surface area contributed by atoms with Crippen molar-refractivity contribution in [1.29, 1.82) is 0 Å². The van der Waals surface area contributed by atoms with E-state index < -0.39 is 0 Å². The van der Waals surface area contributed by atoms with E-state index in [0.717, 1.165) is 12.0 Å². The Labute approximate surface area is 149 Å². The molecule has 0 aliphatic heterocycles. The van der Waals surface area contributed by atoms with Crippen LogP contribution < -0.4 is 5.32 Å². The lowest BCUT2D eigenvalue weighted by atomic mass is 9.86. The second kappa shape index (κ2) is 8.30. The van der Waals surface area contributed by atoms with E-state index in [1.807, 2.05) is 12.1 Å². The summed E-state index contributed by atoms with van der Waals surface area (Å²) in [5.74, 6) is 0.318. The van der Waals surface area contributed by atoms with E-state index in [4.69, 9.17) is 9.26 Å². The molecule has 1 heterocycles. The van der Waals surface area contributed by atoms with Crippen molar-refractivity contribution in [2.45, 2.75) is 46.5 Å². The largest absolute Gasteiger partial charge is 0.380 e. The molecule has 0 saturated heterocycles. The van der Waals surface area contributed by atoms with Gasteiger partial charge in [-0.05, 0) is 24.3 Å². The Bertz CT molecular complexity index is 697. The van der Waals surface area contributed by atoms with Crippen LogP contribution in [-0.4, -0.2) is 30.8 Å². The fraction of sp³-hybridized carbons (Fsp3) is 0.500. The minimum Gasteiger partial charge on any atom is -0.380 e. The number of rotatable bonds is 7. The van der Waals surface area contributed by atoms with Crippen LogP contribution in [0.1, 0.15) is 55.7 Å². The van der Waals surface area contributed by atoms with Crippen LogP contribution in [0.5, 0.6) is 0 Å². The number of aromatic nitrogens is 1. The van der Waals surface area contributed by atoms with Crippen LogP contribution in [0, 0.1) is 6.92 Å². The molecule has 0 fully saturated rings. The number of carbonyl (C=O) groups excluding carboxylic acids is 1. The molecule has 0 atom stereocenters. The Kier molecular flexibility index (Phi) is 6.37. The van der Waals surface area contributed by atoms with Crippen LogP contribution in [0.2, 0.25) is 0 Å². The number of nitrogens with zero attached hydrogens (tertiary/aromatic N) is 1. The maximum absolute atomic E-state index is 12.5. The number of nitrogens with one attached hydrogen (secondary N) is 1. The van der Waals surface area contributed by atoms with Crippen molar-refractivity contribution >= 4 is 5.91 Å². The summed E-state index contributed by atoms with van der Waals surface area (Å²) in [5.41, 5.74) is 3.22. The molecule has 0 spiro atoms. The smallest absolute Gasteiger partial charge is 0.257 e. The van der Waals surface area contributed by atoms with Gasteiger partial charge in [0.2, 0.25) is 0 Å². The van der Waals surface area contributed by atoms with Gasteiger partial charge in [-0.15, -0.1) is 0 Å². The van der Waals surface area contributed by atoms with Gasteiger partial charge in [0.15, 0.2) is 5.76 Å². The number of hydrogen-bond acceptors (Lipinski definition) is 4. The van der Waals surface area contributed by atoms with E-state index in [0.29, 0.717) is 36.8 Å². The fourth-order valence-electron chi connectivity index (χ4n) is 2.53. The summed E-state index contributed by atoms with van der Waals surface area (Å²) >= 11 is 0. The molecule has 5 nitrogen and oxygen atoms in total. The van der Waals surface area contributed by atoms with Gasteiger partial charge in [0.25, 0.3) is 5.91 Å². The summed E-state index contributed by atoms with van der Waals surface area (Å²) in [5, 5.41) is 6.84. The highest BCUT2D eigenvalue weighted by atomic mass is 16.5. The Morgan fingerprint density at radius 1 is 1.20 bits per heavy atom. The average Bonchev–Trinajstić information content (AvgIpc) is 2.95. The van der Waals surface area contributed by atoms with Gasteiger partial charge in [-0.3, -0.25) is 4.79 Å². The maximum atomic E-state index is 12.5. The first-order chi connectivity index (χ1) is 11.8. The molecule has 2 rings (SSSR count). The van der Waals surface area contributed by atoms with Crippen LogP contribution in [-0.2, 0) is 10.2 Å². The SMILES string of the molecule is CCCOCCNC(=O)c1c(C)noc1-c1ccc(C(C)(C)C)cc1. The summed E-state index contributed by atoms with van der Waals surface area (Å²) in [6, 6.07) is 8.07. The van der Waals surface area contributed by atoms with Gasteiger partial charge in [0, 0.05) is 18.7 Å². The van der Waals surface area contributed by atoms with Crippen molar-refractivity contribution in [2.75, 3.05) is 19.8 Å². The van der Waals surface area contributed by atoms with E-state index in [-0.39, 0.29) is 11.3 Å². The Morgan fingerprint density at radius 2 is 1.88 bits per heavy atom. The van der Waals surface area contributed by atoms with Crippen LogP contribution in [0.3, 0.4) is 0 Å². The lowest BCUT2D eigenvalue weighted by Crippen LogP contribution is -2.28. The van der Waals surface area contributed by atoms with E-state index in [1.165, 1.54) is 5.56 Å². The fourth-order valence-corrected chi connectivity index (χ4v) is 2.53. The van der Waals surface area contributed by atoms with Crippen molar-refractivity contribution in [3.05, 3.63) is 41.1 Å². The van der Waals surface area contributed by atoms with Gasteiger partial charge in [-0.25, -0.2) is 0 Å². The number of benzene rings is 1. The number of ether oxygens (including phenoxy) is 1. The first kappa shape index (κ1) is 19.2. The van der Waals surface area contributed by atoms with E-state index in [2.05, 4.69) is 50.3 Å². The van der Waals surface area contributed by atoms with Crippen molar-refractivity contribution in [2.24, 2.45) is 0 Å². The van der Waals surface area contributed by atoms with Crippen LogP contribution in [0.25, 0.3) is 11.3 Å². The molecular weight excluding hydrogens is 316 g/mol. The van der Waals surface area contributed by atoms with Gasteiger partial charge in [0.1, 0.15) is 5.56 Å². The lowest BCUT2D eigenvalue weighted by Gasteiger charge is -2.18. The van der Waals surface area contributed by atoms with Crippen molar-refractivity contribution < 1.29 is 14.1 Å². The molecular formula is C20H28N2O3. The van der Waals surface area contributed by atoms with E-state index in [9.17, 15) is 4.79 Å². The van der Waals surface area contributed by atoms with Crippen molar-refractivity contribution in [1.82, 2.24) is 10.5 Å². The predicted octanol–water partition coefficient (Wildman–Crippen LogP) is 4.10. The Morgan fingerprint density at radius 3 is 2.48 bits per heavy atom. The molecule has 25 heavy (non-hydrogen) atoms. The van der Waals surface area contributed by atoms with Crippen molar-refractivity contribution in [3.8, 4) is 11.3 Å². The zero-order chi connectivity index (χ0) is 18.4. The molecule has 0 unspecified atom stereocenters. The third kappa shape index (κ3) is 4.92. The summed E-state index contributed by atoms with van der Waals surface area (Å²) in [6.07, 6.45) is 0.966. The molecule has 1 aromatic heterocycles. The minimum absolute atomic E-state index is 0.0779. The zero-order valence-corrected chi connectivity index (χ0v) is 15.8. The average molecular weight is 344 g/mol. The molecule has 2 aromatic rings. The molecule has 136 valence electrons. The molecule has 1 aromatic carbocycles. The molecule has 0 bridgehead atoms. The van der Waals surface area contributed by atoms with Gasteiger partial charge in [0.05, 0.1) is 12.3 Å². The first-order valence-corrected chi connectivity index (χ1v) is 8.77. The minimum atomic E-state index is -0.186. The zero-order valence-electron chi connectivity index (χ0n) is 15.8. The topological polar surface area (TPSA) is 64.4 Å². The standard InChI is InChI=1S/C20H28N2O3/c1-6-12-24-13-11-21-19(23)17-14(2)22-25-18(17)15-7-9-16(10-8-15)20(3,4)5/h7-10H,6,11-13H2,1-5H3,(H,21,23). The highest BCUT2D eigenvalue weighted by Crippen LogP contribution is 2.29. The molecule has 0 aliphatic carbocycles. The molecule has 1 amide bonds. The highest BCUT2D eigenvalue weighted by molar-refractivity contribution is 6.00. The molecule has 0 aliphatic rings. The summed E-state index contributed by atoms with van der Waals surface area (Å²) in [4.78, 5) is 12.5.